The summed E-state index contributed by atoms with van der Waals surface area (Å²) in [5, 5.41) is 7.64. The molecule has 1 N–H and O–H groups in total. The van der Waals surface area contributed by atoms with Crippen LogP contribution in [0.2, 0.25) is 0 Å². The van der Waals surface area contributed by atoms with Crippen LogP contribution in [0, 0.1) is 13.8 Å². The van der Waals surface area contributed by atoms with Gasteiger partial charge in [0.2, 0.25) is 5.91 Å². The number of fused-ring (bicyclic) bond motifs is 1. The minimum absolute atomic E-state index is 0.0817. The lowest BCUT2D eigenvalue weighted by Gasteiger charge is -2.06. The predicted molar refractivity (Wildman–Crippen MR) is 93.6 cm³/mol. The number of nitrogens with one attached hydrogen (secondary N) is 1. The average molecular weight is 338 g/mol. The van der Waals surface area contributed by atoms with Gasteiger partial charge in [-0.25, -0.2) is 4.79 Å². The molecule has 1 amide bonds. The highest BCUT2D eigenvalue weighted by atomic mass is 16.5. The molecule has 3 rings (SSSR count). The summed E-state index contributed by atoms with van der Waals surface area (Å²) >= 11 is 0. The van der Waals surface area contributed by atoms with Gasteiger partial charge < -0.3 is 14.6 Å². The number of amides is 1. The van der Waals surface area contributed by atoms with Crippen molar-refractivity contribution in [1.82, 2.24) is 5.16 Å². The molecular weight excluding hydrogens is 320 g/mol. The zero-order chi connectivity index (χ0) is 18.0. The van der Waals surface area contributed by atoms with Crippen LogP contribution in [-0.4, -0.2) is 24.1 Å². The summed E-state index contributed by atoms with van der Waals surface area (Å²) in [5.74, 6) is -0.694. The Morgan fingerprint density at radius 3 is 2.76 bits per heavy atom. The topological polar surface area (TPSA) is 81.4 Å². The van der Waals surface area contributed by atoms with E-state index in [1.807, 2.05) is 26.0 Å². The first-order valence-corrected chi connectivity index (χ1v) is 7.81. The van der Waals surface area contributed by atoms with Gasteiger partial charge in [-0.3, -0.25) is 4.79 Å². The molecule has 6 heteroatoms. The molecule has 0 aliphatic carbocycles. The number of anilines is 1. The number of ether oxygens (including phenoxy) is 1. The quantitative estimate of drug-likeness (QED) is 0.737. The maximum atomic E-state index is 12.3. The fraction of sp³-hybridized carbons (Fsp3) is 0.211. The Bertz CT molecular complexity index is 959. The highest BCUT2D eigenvalue weighted by Crippen LogP contribution is 2.24. The SMILES string of the molecule is COC(=O)c1cccc(NC(=O)Cc2noc3c(C)cc(C)cc23)c1. The van der Waals surface area contributed by atoms with Crippen molar-refractivity contribution in [3.8, 4) is 0 Å². The lowest BCUT2D eigenvalue weighted by molar-refractivity contribution is -0.115. The van der Waals surface area contributed by atoms with Crippen LogP contribution in [0.5, 0.6) is 0 Å². The Balaban J connectivity index is 1.78. The highest BCUT2D eigenvalue weighted by molar-refractivity contribution is 5.97. The van der Waals surface area contributed by atoms with E-state index in [0.717, 1.165) is 16.5 Å². The summed E-state index contributed by atoms with van der Waals surface area (Å²) in [6.45, 7) is 3.93. The van der Waals surface area contributed by atoms with Crippen molar-refractivity contribution in [2.24, 2.45) is 0 Å². The summed E-state index contributed by atoms with van der Waals surface area (Å²) in [6, 6.07) is 10.5. The number of benzene rings is 2. The smallest absolute Gasteiger partial charge is 0.337 e. The standard InChI is InChI=1S/C19H18N2O4/c1-11-7-12(2)18-15(8-11)16(21-25-18)10-17(22)20-14-6-4-5-13(9-14)19(23)24-3/h4-9H,10H2,1-3H3,(H,20,22). The molecule has 25 heavy (non-hydrogen) atoms. The molecular formula is C19H18N2O4. The van der Waals surface area contributed by atoms with Gasteiger partial charge >= 0.3 is 5.97 Å². The molecule has 0 aliphatic heterocycles. The van der Waals surface area contributed by atoms with Crippen molar-refractivity contribution in [2.75, 3.05) is 12.4 Å². The second-order valence-corrected chi connectivity index (χ2v) is 5.89. The third kappa shape index (κ3) is 3.52. The largest absolute Gasteiger partial charge is 0.465 e. The highest BCUT2D eigenvalue weighted by Gasteiger charge is 2.15. The Labute approximate surface area is 144 Å². The second kappa shape index (κ2) is 6.76. The molecule has 0 fully saturated rings. The van der Waals surface area contributed by atoms with Gasteiger partial charge in [-0.1, -0.05) is 17.3 Å². The number of hydrogen-bond acceptors (Lipinski definition) is 5. The zero-order valence-corrected chi connectivity index (χ0v) is 14.3. The molecule has 128 valence electrons. The van der Waals surface area contributed by atoms with Crippen LogP contribution < -0.4 is 5.32 Å². The number of aromatic nitrogens is 1. The van der Waals surface area contributed by atoms with Gasteiger partial charge in [0.1, 0.15) is 5.69 Å². The number of esters is 1. The fourth-order valence-electron chi connectivity index (χ4n) is 2.77. The fourth-order valence-corrected chi connectivity index (χ4v) is 2.77. The predicted octanol–water partition coefficient (Wildman–Crippen LogP) is 3.41. The van der Waals surface area contributed by atoms with Crippen LogP contribution in [0.15, 0.2) is 40.9 Å². The number of aryl methyl sites for hydroxylation is 2. The van der Waals surface area contributed by atoms with Crippen LogP contribution in [0.4, 0.5) is 5.69 Å². The van der Waals surface area contributed by atoms with Crippen molar-refractivity contribution < 1.29 is 18.8 Å². The monoisotopic (exact) mass is 338 g/mol. The third-order valence-corrected chi connectivity index (χ3v) is 3.87. The van der Waals surface area contributed by atoms with Gasteiger partial charge in [-0.05, 0) is 49.2 Å². The Hall–Kier alpha value is -3.15. The van der Waals surface area contributed by atoms with Crippen molar-refractivity contribution >= 4 is 28.5 Å². The van der Waals surface area contributed by atoms with Crippen molar-refractivity contribution in [3.05, 3.63) is 58.8 Å². The van der Waals surface area contributed by atoms with E-state index in [1.54, 1.807) is 24.3 Å². The molecule has 3 aromatic rings. The van der Waals surface area contributed by atoms with Crippen molar-refractivity contribution in [2.45, 2.75) is 20.3 Å². The number of rotatable bonds is 4. The van der Waals surface area contributed by atoms with E-state index in [4.69, 9.17) is 4.52 Å². The van der Waals surface area contributed by atoms with Gasteiger partial charge in [0.15, 0.2) is 5.58 Å². The van der Waals surface area contributed by atoms with Crippen LogP contribution >= 0.6 is 0 Å². The number of carbonyl (C=O) groups is 2. The first-order valence-electron chi connectivity index (χ1n) is 7.81. The van der Waals surface area contributed by atoms with Crippen molar-refractivity contribution in [1.29, 1.82) is 0 Å². The molecule has 0 spiro atoms. The molecule has 0 saturated carbocycles. The molecule has 2 aromatic carbocycles. The summed E-state index contributed by atoms with van der Waals surface area (Å²) in [7, 11) is 1.31. The van der Waals surface area contributed by atoms with E-state index in [2.05, 4.69) is 15.2 Å². The minimum Gasteiger partial charge on any atom is -0.465 e. The number of carbonyl (C=O) groups excluding carboxylic acids is 2. The molecule has 0 radical (unpaired) electrons. The van der Waals surface area contributed by atoms with E-state index < -0.39 is 5.97 Å². The molecule has 1 aromatic heterocycles. The lowest BCUT2D eigenvalue weighted by atomic mass is 10.1. The average Bonchev–Trinajstić information content (AvgIpc) is 2.97. The molecule has 0 atom stereocenters. The summed E-state index contributed by atoms with van der Waals surface area (Å²) < 4.78 is 10.0. The van der Waals surface area contributed by atoms with Gasteiger partial charge in [0.05, 0.1) is 19.1 Å². The molecule has 0 bridgehead atoms. The minimum atomic E-state index is -0.454. The van der Waals surface area contributed by atoms with Gasteiger partial charge in [-0.2, -0.15) is 0 Å². The zero-order valence-electron chi connectivity index (χ0n) is 14.3. The second-order valence-electron chi connectivity index (χ2n) is 5.89. The summed E-state index contributed by atoms with van der Waals surface area (Å²) in [4.78, 5) is 23.9. The van der Waals surface area contributed by atoms with Crippen LogP contribution in [0.1, 0.15) is 27.2 Å². The first-order chi connectivity index (χ1) is 12.0. The van der Waals surface area contributed by atoms with Crippen LogP contribution in [-0.2, 0) is 16.0 Å². The number of methoxy groups -OCH3 is 1. The molecule has 0 aliphatic rings. The maximum Gasteiger partial charge on any atom is 0.337 e. The Kier molecular flexibility index (Phi) is 4.52. The summed E-state index contributed by atoms with van der Waals surface area (Å²) in [5.41, 5.74) is 4.25. The van der Waals surface area contributed by atoms with E-state index in [1.165, 1.54) is 7.11 Å². The Morgan fingerprint density at radius 2 is 2.00 bits per heavy atom. The van der Waals surface area contributed by atoms with Gasteiger partial charge in [0, 0.05) is 11.1 Å². The molecule has 0 saturated heterocycles. The maximum absolute atomic E-state index is 12.3. The van der Waals surface area contributed by atoms with E-state index in [9.17, 15) is 9.59 Å². The van der Waals surface area contributed by atoms with Crippen LogP contribution in [0.3, 0.4) is 0 Å². The van der Waals surface area contributed by atoms with Crippen molar-refractivity contribution in [3.63, 3.8) is 0 Å². The van der Waals surface area contributed by atoms with Gasteiger partial charge in [-0.15, -0.1) is 0 Å². The van der Waals surface area contributed by atoms with E-state index in [-0.39, 0.29) is 12.3 Å². The first kappa shape index (κ1) is 16.7. The van der Waals surface area contributed by atoms with Gasteiger partial charge in [0.25, 0.3) is 0 Å². The number of nitrogens with zero attached hydrogens (tertiary/aromatic N) is 1. The summed E-state index contributed by atoms with van der Waals surface area (Å²) in [6.07, 6.45) is 0.0817. The molecule has 6 nitrogen and oxygen atoms in total. The number of hydrogen-bond donors (Lipinski definition) is 1. The normalized spacial score (nSPS) is 10.7. The third-order valence-electron chi connectivity index (χ3n) is 3.87. The lowest BCUT2D eigenvalue weighted by Crippen LogP contribution is -2.15. The molecule has 0 unspecified atom stereocenters. The Morgan fingerprint density at radius 1 is 1.20 bits per heavy atom. The molecule has 1 heterocycles. The van der Waals surface area contributed by atoms with Crippen LogP contribution in [0.25, 0.3) is 11.0 Å². The van der Waals surface area contributed by atoms with E-state index in [0.29, 0.717) is 22.5 Å². The van der Waals surface area contributed by atoms with E-state index >= 15 is 0 Å².